The van der Waals surface area contributed by atoms with Crippen LogP contribution in [-0.2, 0) is 28.2 Å². The second-order valence-electron chi connectivity index (χ2n) is 7.32. The van der Waals surface area contributed by atoms with Crippen molar-refractivity contribution in [2.45, 2.75) is 37.0 Å². The van der Waals surface area contributed by atoms with Crippen molar-refractivity contribution >= 4 is 23.4 Å². The van der Waals surface area contributed by atoms with E-state index in [4.69, 9.17) is 21.1 Å². The van der Waals surface area contributed by atoms with Crippen molar-refractivity contribution in [2.75, 3.05) is 12.4 Å². The summed E-state index contributed by atoms with van der Waals surface area (Å²) >= 11 is 7.90. The van der Waals surface area contributed by atoms with Crippen LogP contribution in [0, 0.1) is 0 Å². The van der Waals surface area contributed by atoms with Crippen LogP contribution in [-0.4, -0.2) is 33.8 Å². The molecule has 4 nitrogen and oxygen atoms in total. The Bertz CT molecular complexity index is 874. The molecule has 1 fully saturated rings. The summed E-state index contributed by atoms with van der Waals surface area (Å²) in [4.78, 5) is 4.16. The summed E-state index contributed by atoms with van der Waals surface area (Å²) in [5, 5.41) is 0.755. The standard InChI is InChI=1S/C23H25ClN2O2S/c24-21-8-6-19(7-9-21)10-11-23(17-26-13-12-25-18-26)27-14-22(28-23)16-29-15-20-4-2-1-3-5-20/h1-9,12-13,18,22H,10-11,14-17H2. The summed E-state index contributed by atoms with van der Waals surface area (Å²) in [5.74, 6) is 1.28. The lowest BCUT2D eigenvalue weighted by atomic mass is 10.0. The summed E-state index contributed by atoms with van der Waals surface area (Å²) in [6, 6.07) is 18.5. The third-order valence-corrected chi connectivity index (χ3v) is 6.42. The van der Waals surface area contributed by atoms with Crippen molar-refractivity contribution in [3.05, 3.63) is 89.5 Å². The third kappa shape index (κ3) is 5.86. The highest BCUT2D eigenvalue weighted by Crippen LogP contribution is 2.32. The fourth-order valence-electron chi connectivity index (χ4n) is 3.52. The molecular weight excluding hydrogens is 404 g/mol. The maximum absolute atomic E-state index is 6.49. The van der Waals surface area contributed by atoms with Gasteiger partial charge in [0.05, 0.1) is 25.6 Å². The molecule has 1 aliphatic heterocycles. The lowest BCUT2D eigenvalue weighted by molar-refractivity contribution is -0.180. The van der Waals surface area contributed by atoms with Gasteiger partial charge in [0.2, 0.25) is 0 Å². The number of ether oxygens (including phenoxy) is 2. The number of aromatic nitrogens is 2. The Balaban J connectivity index is 1.36. The minimum Gasteiger partial charge on any atom is -0.345 e. The first kappa shape index (κ1) is 20.5. The zero-order valence-electron chi connectivity index (χ0n) is 16.2. The van der Waals surface area contributed by atoms with Crippen molar-refractivity contribution < 1.29 is 9.47 Å². The van der Waals surface area contributed by atoms with E-state index in [2.05, 4.69) is 41.4 Å². The van der Waals surface area contributed by atoms with E-state index >= 15 is 0 Å². The van der Waals surface area contributed by atoms with E-state index in [1.54, 1.807) is 6.20 Å². The van der Waals surface area contributed by atoms with Gasteiger partial charge in [-0.05, 0) is 29.7 Å². The molecule has 2 heterocycles. The van der Waals surface area contributed by atoms with Gasteiger partial charge in [-0.3, -0.25) is 0 Å². The maximum atomic E-state index is 6.49. The van der Waals surface area contributed by atoms with E-state index in [1.807, 2.05) is 47.1 Å². The van der Waals surface area contributed by atoms with Gasteiger partial charge in [0, 0.05) is 35.3 Å². The molecule has 0 amide bonds. The van der Waals surface area contributed by atoms with Crippen LogP contribution in [0.5, 0.6) is 0 Å². The molecule has 2 atom stereocenters. The number of hydrogen-bond acceptors (Lipinski definition) is 4. The molecule has 1 aliphatic rings. The Morgan fingerprint density at radius 1 is 1.10 bits per heavy atom. The SMILES string of the molecule is Clc1ccc(CCC2(Cn3ccnc3)OCC(CSCc3ccccc3)O2)cc1. The van der Waals surface area contributed by atoms with Crippen LogP contribution in [0.3, 0.4) is 0 Å². The second kappa shape index (κ2) is 9.81. The maximum Gasteiger partial charge on any atom is 0.187 e. The zero-order chi connectivity index (χ0) is 19.9. The highest BCUT2D eigenvalue weighted by Gasteiger charge is 2.41. The average Bonchev–Trinajstić information content (AvgIpc) is 3.39. The number of benzene rings is 2. The van der Waals surface area contributed by atoms with Crippen molar-refractivity contribution in [1.82, 2.24) is 9.55 Å². The van der Waals surface area contributed by atoms with Crippen molar-refractivity contribution in [3.63, 3.8) is 0 Å². The topological polar surface area (TPSA) is 36.3 Å². The van der Waals surface area contributed by atoms with Crippen LogP contribution >= 0.6 is 23.4 Å². The molecule has 0 bridgehead atoms. The molecule has 0 aliphatic carbocycles. The molecule has 2 aromatic carbocycles. The lowest BCUT2D eigenvalue weighted by Gasteiger charge is -2.28. The zero-order valence-corrected chi connectivity index (χ0v) is 17.8. The second-order valence-corrected chi connectivity index (χ2v) is 8.79. The molecule has 0 saturated carbocycles. The number of rotatable bonds is 9. The predicted molar refractivity (Wildman–Crippen MR) is 118 cm³/mol. The molecule has 1 saturated heterocycles. The molecule has 4 rings (SSSR count). The normalized spacial score (nSPS) is 21.5. The van der Waals surface area contributed by atoms with Gasteiger partial charge in [0.25, 0.3) is 0 Å². The summed E-state index contributed by atoms with van der Waals surface area (Å²) in [7, 11) is 0. The number of halogens is 1. The van der Waals surface area contributed by atoms with Crippen LogP contribution in [0.15, 0.2) is 73.3 Å². The van der Waals surface area contributed by atoms with Gasteiger partial charge in [0.15, 0.2) is 5.79 Å². The molecule has 3 aromatic rings. The van der Waals surface area contributed by atoms with Crippen molar-refractivity contribution in [1.29, 1.82) is 0 Å². The number of aryl methyl sites for hydroxylation is 1. The van der Waals surface area contributed by atoms with Gasteiger partial charge in [-0.25, -0.2) is 4.98 Å². The molecule has 0 radical (unpaired) electrons. The summed E-state index contributed by atoms with van der Waals surface area (Å²) in [5.41, 5.74) is 2.57. The molecule has 6 heteroatoms. The Kier molecular flexibility index (Phi) is 6.93. The predicted octanol–water partition coefficient (Wildman–Crippen LogP) is 5.21. The van der Waals surface area contributed by atoms with Crippen LogP contribution in [0.2, 0.25) is 5.02 Å². The fraction of sp³-hybridized carbons (Fsp3) is 0.348. The summed E-state index contributed by atoms with van der Waals surface area (Å²) in [6.07, 6.45) is 7.30. The number of hydrogen-bond donors (Lipinski definition) is 0. The number of nitrogens with zero attached hydrogens (tertiary/aromatic N) is 2. The Labute approximate surface area is 181 Å². The van der Waals surface area contributed by atoms with Crippen LogP contribution < -0.4 is 0 Å². The van der Waals surface area contributed by atoms with Gasteiger partial charge < -0.3 is 14.0 Å². The van der Waals surface area contributed by atoms with Crippen molar-refractivity contribution in [3.8, 4) is 0 Å². The number of thioether (sulfide) groups is 1. The van der Waals surface area contributed by atoms with Crippen LogP contribution in [0.1, 0.15) is 17.5 Å². The molecule has 0 spiro atoms. The Morgan fingerprint density at radius 3 is 2.69 bits per heavy atom. The first-order valence-electron chi connectivity index (χ1n) is 9.84. The molecule has 152 valence electrons. The number of imidazole rings is 1. The molecular formula is C23H25ClN2O2S. The van der Waals surface area contributed by atoms with E-state index in [0.717, 1.165) is 29.4 Å². The van der Waals surface area contributed by atoms with Gasteiger partial charge in [-0.2, -0.15) is 11.8 Å². The fourth-order valence-corrected chi connectivity index (χ4v) is 4.62. The highest BCUT2D eigenvalue weighted by atomic mass is 35.5. The minimum absolute atomic E-state index is 0.0949. The van der Waals surface area contributed by atoms with E-state index in [9.17, 15) is 0 Å². The van der Waals surface area contributed by atoms with Crippen LogP contribution in [0.4, 0.5) is 0 Å². The average molecular weight is 429 g/mol. The minimum atomic E-state index is -0.627. The van der Waals surface area contributed by atoms with Gasteiger partial charge in [-0.15, -0.1) is 0 Å². The summed E-state index contributed by atoms with van der Waals surface area (Å²) < 4.78 is 14.8. The van der Waals surface area contributed by atoms with Gasteiger partial charge in [0.1, 0.15) is 0 Å². The van der Waals surface area contributed by atoms with Gasteiger partial charge >= 0.3 is 0 Å². The first-order valence-corrected chi connectivity index (χ1v) is 11.4. The molecule has 0 N–H and O–H groups in total. The van der Waals surface area contributed by atoms with E-state index < -0.39 is 5.79 Å². The molecule has 29 heavy (non-hydrogen) atoms. The smallest absolute Gasteiger partial charge is 0.187 e. The van der Waals surface area contributed by atoms with E-state index in [0.29, 0.717) is 13.2 Å². The van der Waals surface area contributed by atoms with Crippen LogP contribution in [0.25, 0.3) is 0 Å². The molecule has 1 aromatic heterocycles. The highest BCUT2D eigenvalue weighted by molar-refractivity contribution is 7.98. The largest absolute Gasteiger partial charge is 0.345 e. The monoisotopic (exact) mass is 428 g/mol. The summed E-state index contributed by atoms with van der Waals surface area (Å²) in [6.45, 7) is 1.26. The lowest BCUT2D eigenvalue weighted by Crippen LogP contribution is -2.37. The van der Waals surface area contributed by atoms with Crippen molar-refractivity contribution in [2.24, 2.45) is 0 Å². The Morgan fingerprint density at radius 2 is 1.93 bits per heavy atom. The quantitative estimate of drug-likeness (QED) is 0.468. The van der Waals surface area contributed by atoms with Gasteiger partial charge in [-0.1, -0.05) is 54.1 Å². The first-order chi connectivity index (χ1) is 14.2. The van der Waals surface area contributed by atoms with E-state index in [-0.39, 0.29) is 6.10 Å². The Hall–Kier alpha value is -1.79. The van der Waals surface area contributed by atoms with E-state index in [1.165, 1.54) is 11.1 Å². The molecule has 2 unspecified atom stereocenters. The third-order valence-electron chi connectivity index (χ3n) is 5.02.